The van der Waals surface area contributed by atoms with E-state index in [0.29, 0.717) is 6.04 Å². The second-order valence-electron chi connectivity index (χ2n) is 8.58. The maximum absolute atomic E-state index is 6.12. The van der Waals surface area contributed by atoms with Crippen molar-refractivity contribution in [2.24, 2.45) is 5.73 Å². The number of hydrogen-bond acceptors (Lipinski definition) is 4. The van der Waals surface area contributed by atoms with E-state index >= 15 is 0 Å². The number of benzene rings is 2. The van der Waals surface area contributed by atoms with Crippen LogP contribution in [0.1, 0.15) is 12.8 Å². The van der Waals surface area contributed by atoms with Crippen molar-refractivity contribution in [1.29, 1.82) is 0 Å². The van der Waals surface area contributed by atoms with E-state index in [4.69, 9.17) is 10.7 Å². The molecule has 0 unspecified atom stereocenters. The molecule has 1 saturated heterocycles. The minimum Gasteiger partial charge on any atom is -0.370 e. The fourth-order valence-corrected chi connectivity index (χ4v) is 4.62. The van der Waals surface area contributed by atoms with Gasteiger partial charge in [-0.3, -0.25) is 0 Å². The molecule has 1 aliphatic rings. The molecule has 1 fully saturated rings. The summed E-state index contributed by atoms with van der Waals surface area (Å²) in [6.07, 6.45) is 3.95. The van der Waals surface area contributed by atoms with Crippen molar-refractivity contribution in [3.05, 3.63) is 79.0 Å². The largest absolute Gasteiger partial charge is 0.370 e. The third kappa shape index (κ3) is 3.41. The normalized spacial score (nSPS) is 15.0. The number of aromatic nitrogens is 3. The van der Waals surface area contributed by atoms with Crippen molar-refractivity contribution in [2.45, 2.75) is 18.9 Å². The molecule has 4 heterocycles. The molecule has 5 heteroatoms. The summed E-state index contributed by atoms with van der Waals surface area (Å²) in [6.45, 7) is 1.95. The molecular weight excluding hydrogens is 394 g/mol. The molecule has 32 heavy (non-hydrogen) atoms. The number of nitrogens with one attached hydrogen (secondary N) is 1. The zero-order chi connectivity index (χ0) is 21.5. The number of piperidine rings is 1. The molecule has 0 aliphatic carbocycles. The molecule has 5 nitrogen and oxygen atoms in total. The van der Waals surface area contributed by atoms with Crippen LogP contribution in [0.25, 0.3) is 44.5 Å². The van der Waals surface area contributed by atoms with Crippen LogP contribution < -0.4 is 10.6 Å². The first-order valence-electron chi connectivity index (χ1n) is 11.2. The van der Waals surface area contributed by atoms with Crippen LogP contribution in [0.15, 0.2) is 79.0 Å². The van der Waals surface area contributed by atoms with Gasteiger partial charge in [0.25, 0.3) is 0 Å². The van der Waals surface area contributed by atoms with Gasteiger partial charge in [-0.2, -0.15) is 0 Å². The van der Waals surface area contributed by atoms with Crippen molar-refractivity contribution < 1.29 is 0 Å². The Labute approximate surface area is 186 Å². The first kappa shape index (κ1) is 19.0. The molecule has 3 aromatic heterocycles. The number of aromatic amines is 1. The molecule has 1 aliphatic heterocycles. The minimum atomic E-state index is 0.310. The zero-order valence-electron chi connectivity index (χ0n) is 17.8. The molecule has 3 N–H and O–H groups in total. The van der Waals surface area contributed by atoms with Crippen molar-refractivity contribution in [1.82, 2.24) is 15.0 Å². The van der Waals surface area contributed by atoms with Gasteiger partial charge in [0, 0.05) is 47.4 Å². The number of anilines is 1. The van der Waals surface area contributed by atoms with E-state index in [1.54, 1.807) is 0 Å². The van der Waals surface area contributed by atoms with Crippen molar-refractivity contribution in [3.63, 3.8) is 0 Å². The first-order valence-corrected chi connectivity index (χ1v) is 11.2. The Morgan fingerprint density at radius 3 is 2.53 bits per heavy atom. The number of pyridine rings is 2. The number of nitrogens with zero attached hydrogens (tertiary/aromatic N) is 3. The van der Waals surface area contributed by atoms with Gasteiger partial charge in [-0.1, -0.05) is 48.5 Å². The third-order valence-corrected chi connectivity index (χ3v) is 6.43. The highest BCUT2D eigenvalue weighted by Crippen LogP contribution is 2.31. The lowest BCUT2D eigenvalue weighted by atomic mass is 10.0. The lowest BCUT2D eigenvalue weighted by Crippen LogP contribution is -2.39. The van der Waals surface area contributed by atoms with E-state index in [9.17, 15) is 0 Å². The second-order valence-corrected chi connectivity index (χ2v) is 8.58. The third-order valence-electron chi connectivity index (χ3n) is 6.43. The van der Waals surface area contributed by atoms with Gasteiger partial charge in [0.15, 0.2) is 0 Å². The van der Waals surface area contributed by atoms with Crippen LogP contribution in [0.5, 0.6) is 0 Å². The Hall–Kier alpha value is -3.70. The summed E-state index contributed by atoms with van der Waals surface area (Å²) in [6, 6.07) is 25.6. The van der Waals surface area contributed by atoms with E-state index in [-0.39, 0.29) is 0 Å². The number of hydrogen-bond donors (Lipinski definition) is 2. The summed E-state index contributed by atoms with van der Waals surface area (Å²) in [7, 11) is 0. The van der Waals surface area contributed by atoms with Crippen LogP contribution in [-0.4, -0.2) is 34.1 Å². The fraction of sp³-hybridized carbons (Fsp3) is 0.185. The second kappa shape index (κ2) is 7.77. The topological polar surface area (TPSA) is 70.8 Å². The Morgan fingerprint density at radius 2 is 1.69 bits per heavy atom. The highest BCUT2D eigenvalue weighted by atomic mass is 15.1. The summed E-state index contributed by atoms with van der Waals surface area (Å²) in [5.41, 5.74) is 13.4. The van der Waals surface area contributed by atoms with Gasteiger partial charge >= 0.3 is 0 Å². The monoisotopic (exact) mass is 419 g/mol. The molecule has 158 valence electrons. The van der Waals surface area contributed by atoms with Gasteiger partial charge in [-0.25, -0.2) is 9.97 Å². The summed E-state index contributed by atoms with van der Waals surface area (Å²) in [5.74, 6) is 0. The summed E-state index contributed by atoms with van der Waals surface area (Å²) in [4.78, 5) is 15.6. The molecule has 0 atom stereocenters. The maximum Gasteiger partial charge on any atom is 0.137 e. The molecule has 0 saturated carbocycles. The lowest BCUT2D eigenvalue weighted by molar-refractivity contribution is 0.502. The van der Waals surface area contributed by atoms with E-state index in [0.717, 1.165) is 70.4 Å². The predicted octanol–water partition coefficient (Wildman–Crippen LogP) is 5.37. The standard InChI is InChI=1S/C27H25N5/c28-22-11-13-32(14-12-22)25-8-4-7-19-9-10-23(30-26(19)25)21-15-20-16-24(31-27(20)29-17-21)18-5-2-1-3-6-18/h1-10,15-17,22H,11-14,28H2,(H,29,31). The molecule has 0 radical (unpaired) electrons. The van der Waals surface area contributed by atoms with Crippen LogP contribution in [0.3, 0.4) is 0 Å². The number of H-pyrrole nitrogens is 1. The minimum absolute atomic E-state index is 0.310. The van der Waals surface area contributed by atoms with Crippen LogP contribution >= 0.6 is 0 Å². The average Bonchev–Trinajstić information content (AvgIpc) is 3.28. The number of rotatable bonds is 3. The Bertz CT molecular complexity index is 1400. The SMILES string of the molecule is NC1CCN(c2cccc3ccc(-c4cnc5[nH]c(-c6ccccc6)cc5c4)nc23)CC1. The smallest absolute Gasteiger partial charge is 0.137 e. The lowest BCUT2D eigenvalue weighted by Gasteiger charge is -2.32. The van der Waals surface area contributed by atoms with Crippen molar-refractivity contribution in [2.75, 3.05) is 18.0 Å². The van der Waals surface area contributed by atoms with E-state index in [1.165, 1.54) is 5.69 Å². The van der Waals surface area contributed by atoms with Crippen LogP contribution in [0.2, 0.25) is 0 Å². The van der Waals surface area contributed by atoms with Crippen molar-refractivity contribution >= 4 is 27.6 Å². The van der Waals surface area contributed by atoms with Gasteiger partial charge in [0.1, 0.15) is 5.65 Å². The van der Waals surface area contributed by atoms with E-state index < -0.39 is 0 Å². The summed E-state index contributed by atoms with van der Waals surface area (Å²) < 4.78 is 0. The highest BCUT2D eigenvalue weighted by Gasteiger charge is 2.19. The van der Waals surface area contributed by atoms with Gasteiger partial charge in [0.05, 0.1) is 16.9 Å². The van der Waals surface area contributed by atoms with Gasteiger partial charge in [-0.15, -0.1) is 0 Å². The molecule has 0 amide bonds. The Balaban J connectivity index is 1.40. The number of nitrogens with two attached hydrogens (primary N) is 1. The van der Waals surface area contributed by atoms with Crippen LogP contribution in [0, 0.1) is 0 Å². The van der Waals surface area contributed by atoms with Gasteiger partial charge in [0.2, 0.25) is 0 Å². The van der Waals surface area contributed by atoms with E-state index in [1.807, 2.05) is 24.4 Å². The van der Waals surface area contributed by atoms with Crippen LogP contribution in [-0.2, 0) is 0 Å². The summed E-state index contributed by atoms with van der Waals surface area (Å²) >= 11 is 0. The van der Waals surface area contributed by atoms with Gasteiger partial charge in [-0.05, 0) is 42.7 Å². The quantitative estimate of drug-likeness (QED) is 0.412. The molecule has 5 aromatic rings. The molecular formula is C27H25N5. The number of fused-ring (bicyclic) bond motifs is 2. The average molecular weight is 420 g/mol. The maximum atomic E-state index is 6.12. The Kier molecular flexibility index (Phi) is 4.62. The fourth-order valence-electron chi connectivity index (χ4n) is 4.62. The molecule has 6 rings (SSSR count). The molecule has 0 spiro atoms. The Morgan fingerprint density at radius 1 is 0.844 bits per heavy atom. The van der Waals surface area contributed by atoms with Crippen LogP contribution in [0.4, 0.5) is 5.69 Å². The zero-order valence-corrected chi connectivity index (χ0v) is 17.8. The highest BCUT2D eigenvalue weighted by molar-refractivity contribution is 5.93. The number of para-hydroxylation sites is 1. The molecule has 0 bridgehead atoms. The first-order chi connectivity index (χ1) is 15.7. The van der Waals surface area contributed by atoms with E-state index in [2.05, 4.69) is 69.5 Å². The van der Waals surface area contributed by atoms with Gasteiger partial charge < -0.3 is 15.6 Å². The summed E-state index contributed by atoms with van der Waals surface area (Å²) in [5, 5.41) is 2.24. The predicted molar refractivity (Wildman–Crippen MR) is 132 cm³/mol. The molecule has 2 aromatic carbocycles. The van der Waals surface area contributed by atoms with Crippen molar-refractivity contribution in [3.8, 4) is 22.5 Å².